The molecule has 5 rings (SSSR count). The molecule has 0 saturated carbocycles. The summed E-state index contributed by atoms with van der Waals surface area (Å²) in [6, 6.07) is 9.77. The first-order chi connectivity index (χ1) is 15.1. The van der Waals surface area contributed by atoms with E-state index in [4.69, 9.17) is 14.6 Å². The Morgan fingerprint density at radius 3 is 2.84 bits per heavy atom. The highest BCUT2D eigenvalue weighted by Crippen LogP contribution is 2.33. The molecule has 1 aliphatic heterocycles. The molecule has 0 fully saturated rings. The molecule has 0 saturated heterocycles. The zero-order valence-corrected chi connectivity index (χ0v) is 18.5. The Hall–Kier alpha value is -3.33. The van der Waals surface area contributed by atoms with E-state index in [-0.39, 0.29) is 6.10 Å². The van der Waals surface area contributed by atoms with Gasteiger partial charge < -0.3 is 14.8 Å². The van der Waals surface area contributed by atoms with Crippen LogP contribution in [0.15, 0.2) is 42.7 Å². The van der Waals surface area contributed by atoms with E-state index in [1.807, 2.05) is 66.1 Å². The molecule has 0 spiro atoms. The van der Waals surface area contributed by atoms with Crippen molar-refractivity contribution in [2.24, 2.45) is 7.05 Å². The predicted octanol–water partition coefficient (Wildman–Crippen LogP) is 3.81. The van der Waals surface area contributed by atoms with Gasteiger partial charge in [-0.05, 0) is 32.0 Å². The van der Waals surface area contributed by atoms with E-state index < -0.39 is 0 Å². The van der Waals surface area contributed by atoms with E-state index in [1.54, 1.807) is 11.3 Å². The summed E-state index contributed by atoms with van der Waals surface area (Å²) in [6.07, 6.45) is 3.79. The van der Waals surface area contributed by atoms with Crippen LogP contribution in [0.4, 0.5) is 5.13 Å². The monoisotopic (exact) mass is 436 g/mol. The number of rotatable bonds is 6. The fourth-order valence-electron chi connectivity index (χ4n) is 3.54. The van der Waals surface area contributed by atoms with E-state index in [9.17, 15) is 0 Å². The van der Waals surface area contributed by atoms with Crippen molar-refractivity contribution in [1.29, 1.82) is 0 Å². The molecule has 0 amide bonds. The van der Waals surface area contributed by atoms with Crippen LogP contribution < -0.4 is 14.8 Å². The summed E-state index contributed by atoms with van der Waals surface area (Å²) in [7, 11) is 1.95. The fourth-order valence-corrected chi connectivity index (χ4v) is 4.47. The van der Waals surface area contributed by atoms with Crippen molar-refractivity contribution in [2.45, 2.75) is 33.0 Å². The minimum Gasteiger partial charge on any atom is -0.486 e. The van der Waals surface area contributed by atoms with Crippen LogP contribution in [0.1, 0.15) is 17.0 Å². The molecule has 1 unspecified atom stereocenters. The summed E-state index contributed by atoms with van der Waals surface area (Å²) < 4.78 is 15.6. The zero-order valence-electron chi connectivity index (χ0n) is 17.7. The van der Waals surface area contributed by atoms with Gasteiger partial charge in [0.2, 0.25) is 0 Å². The number of benzene rings is 1. The Bertz CT molecular complexity index is 1210. The van der Waals surface area contributed by atoms with E-state index in [0.29, 0.717) is 19.7 Å². The first kappa shape index (κ1) is 19.6. The molecular weight excluding hydrogens is 412 g/mol. The van der Waals surface area contributed by atoms with Gasteiger partial charge in [-0.1, -0.05) is 23.5 Å². The lowest BCUT2D eigenvalue weighted by Crippen LogP contribution is -2.33. The third-order valence-corrected chi connectivity index (χ3v) is 6.53. The minimum atomic E-state index is -0.0786. The van der Waals surface area contributed by atoms with Crippen LogP contribution in [0.5, 0.6) is 11.5 Å². The summed E-state index contributed by atoms with van der Waals surface area (Å²) in [4.78, 5) is 5.74. The Balaban J connectivity index is 1.25. The van der Waals surface area contributed by atoms with Crippen LogP contribution in [-0.4, -0.2) is 37.3 Å². The lowest BCUT2D eigenvalue weighted by atomic mass is 10.2. The van der Waals surface area contributed by atoms with E-state index in [2.05, 4.69) is 22.3 Å². The molecule has 1 aromatic carbocycles. The average molecular weight is 437 g/mol. The lowest BCUT2D eigenvalue weighted by molar-refractivity contribution is 0.0759. The molecule has 4 heterocycles. The summed E-state index contributed by atoms with van der Waals surface area (Å²) in [5.74, 6) is 1.57. The average Bonchev–Trinajstić information content (AvgIpc) is 3.47. The Morgan fingerprint density at radius 1 is 1.19 bits per heavy atom. The number of fused-ring (bicyclic) bond motifs is 1. The molecule has 1 N–H and O–H groups in total. The molecule has 0 aliphatic carbocycles. The summed E-state index contributed by atoms with van der Waals surface area (Å²) in [5, 5.41) is 13.3. The zero-order chi connectivity index (χ0) is 21.4. The number of hydrogen-bond acceptors (Lipinski definition) is 7. The summed E-state index contributed by atoms with van der Waals surface area (Å²) in [5.41, 5.74) is 4.19. The second-order valence-corrected chi connectivity index (χ2v) is 8.59. The molecule has 4 aromatic rings. The maximum atomic E-state index is 6.05. The number of nitrogens with one attached hydrogen (secondary N) is 1. The Morgan fingerprint density at radius 2 is 2.03 bits per heavy atom. The van der Waals surface area contributed by atoms with Crippen molar-refractivity contribution in [3.8, 4) is 22.1 Å². The van der Waals surface area contributed by atoms with Gasteiger partial charge in [0.1, 0.15) is 12.3 Å². The number of thiazole rings is 1. The third-order valence-electron chi connectivity index (χ3n) is 5.40. The van der Waals surface area contributed by atoms with Gasteiger partial charge in [-0.3, -0.25) is 9.36 Å². The van der Waals surface area contributed by atoms with E-state index in [0.717, 1.165) is 44.2 Å². The van der Waals surface area contributed by atoms with Gasteiger partial charge in [0.25, 0.3) is 0 Å². The van der Waals surface area contributed by atoms with Crippen molar-refractivity contribution in [3.63, 3.8) is 0 Å². The third kappa shape index (κ3) is 4.00. The van der Waals surface area contributed by atoms with E-state index >= 15 is 0 Å². The lowest BCUT2D eigenvalue weighted by Gasteiger charge is -2.26. The summed E-state index contributed by atoms with van der Waals surface area (Å²) >= 11 is 1.61. The normalized spacial score (nSPS) is 15.3. The van der Waals surface area contributed by atoms with Crippen LogP contribution in [0.25, 0.3) is 10.6 Å². The van der Waals surface area contributed by atoms with Crippen molar-refractivity contribution >= 4 is 16.5 Å². The number of ether oxygens (including phenoxy) is 2. The maximum Gasteiger partial charge on any atom is 0.183 e. The second-order valence-electron chi connectivity index (χ2n) is 7.59. The number of para-hydroxylation sites is 2. The maximum absolute atomic E-state index is 6.05. The smallest absolute Gasteiger partial charge is 0.183 e. The first-order valence-corrected chi connectivity index (χ1v) is 11.0. The van der Waals surface area contributed by atoms with Crippen molar-refractivity contribution in [3.05, 3.63) is 59.7 Å². The molecule has 8 nitrogen and oxygen atoms in total. The summed E-state index contributed by atoms with van der Waals surface area (Å²) in [6.45, 7) is 5.90. The topological polar surface area (TPSA) is 79.0 Å². The molecule has 0 radical (unpaired) electrons. The highest BCUT2D eigenvalue weighted by Gasteiger charge is 2.22. The number of aryl methyl sites for hydroxylation is 2. The molecule has 9 heteroatoms. The molecule has 1 atom stereocenters. The highest BCUT2D eigenvalue weighted by atomic mass is 32.1. The van der Waals surface area contributed by atoms with Gasteiger partial charge in [0.05, 0.1) is 23.3 Å². The second kappa shape index (κ2) is 8.07. The molecule has 3 aromatic heterocycles. The molecule has 0 bridgehead atoms. The van der Waals surface area contributed by atoms with Gasteiger partial charge in [-0.15, -0.1) is 0 Å². The highest BCUT2D eigenvalue weighted by molar-refractivity contribution is 7.19. The van der Waals surface area contributed by atoms with Crippen LogP contribution in [-0.2, 0) is 20.1 Å². The van der Waals surface area contributed by atoms with Crippen molar-refractivity contribution < 1.29 is 9.47 Å². The predicted molar refractivity (Wildman–Crippen MR) is 120 cm³/mol. The van der Waals surface area contributed by atoms with Crippen LogP contribution >= 0.6 is 11.3 Å². The Kier molecular flexibility index (Phi) is 5.11. The number of hydrogen-bond donors (Lipinski definition) is 1. The number of nitrogens with zero attached hydrogens (tertiary/aromatic N) is 5. The number of aromatic nitrogens is 5. The SMILES string of the molecule is Cc1nc(NCc2cnn(C)c2C)sc1-c1ccn(CC2COc3ccccc3O2)n1. The van der Waals surface area contributed by atoms with E-state index in [1.165, 1.54) is 0 Å². The van der Waals surface area contributed by atoms with Crippen LogP contribution in [0.3, 0.4) is 0 Å². The quantitative estimate of drug-likeness (QED) is 0.495. The molecule has 1 aliphatic rings. The van der Waals surface area contributed by atoms with Crippen LogP contribution in [0.2, 0.25) is 0 Å². The number of anilines is 1. The van der Waals surface area contributed by atoms with Gasteiger partial charge in [-0.2, -0.15) is 10.2 Å². The van der Waals surface area contributed by atoms with Crippen molar-refractivity contribution in [1.82, 2.24) is 24.5 Å². The van der Waals surface area contributed by atoms with Gasteiger partial charge >= 0.3 is 0 Å². The largest absolute Gasteiger partial charge is 0.486 e. The first-order valence-electron chi connectivity index (χ1n) is 10.2. The molecular formula is C22H24N6O2S. The molecule has 31 heavy (non-hydrogen) atoms. The van der Waals surface area contributed by atoms with Crippen molar-refractivity contribution in [2.75, 3.05) is 11.9 Å². The van der Waals surface area contributed by atoms with Gasteiger partial charge in [0, 0.05) is 31.0 Å². The fraction of sp³-hybridized carbons (Fsp3) is 0.318. The van der Waals surface area contributed by atoms with Gasteiger partial charge in [-0.25, -0.2) is 4.98 Å². The minimum absolute atomic E-state index is 0.0786. The molecule has 160 valence electrons. The standard InChI is InChI=1S/C22H24N6O2S/c1-14-21(31-22(25-14)23-10-16-11-24-27(3)15(16)2)18-8-9-28(26-18)12-17-13-29-19-6-4-5-7-20(19)30-17/h4-9,11,17H,10,12-13H2,1-3H3,(H,23,25). The van der Waals surface area contributed by atoms with Crippen LogP contribution in [0, 0.1) is 13.8 Å². The van der Waals surface area contributed by atoms with Gasteiger partial charge in [0.15, 0.2) is 22.7 Å². The Labute approximate surface area is 184 Å².